The van der Waals surface area contributed by atoms with E-state index in [1.54, 1.807) is 11.3 Å². The van der Waals surface area contributed by atoms with E-state index in [-0.39, 0.29) is 10.7 Å². The van der Waals surface area contributed by atoms with Crippen LogP contribution in [0.25, 0.3) is 10.7 Å². The van der Waals surface area contributed by atoms with Gasteiger partial charge in [0.1, 0.15) is 0 Å². The zero-order chi connectivity index (χ0) is 11.0. The maximum atomic E-state index is 5.56. The number of nitrogens with one attached hydrogen (secondary N) is 1. The smallest absolute Gasteiger partial charge is 0.224 e. The van der Waals surface area contributed by atoms with Crippen molar-refractivity contribution in [3.63, 3.8) is 0 Å². The van der Waals surface area contributed by atoms with Crippen LogP contribution >= 0.6 is 39.5 Å². The molecule has 0 radical (unpaired) electrons. The highest BCUT2D eigenvalue weighted by Gasteiger charge is 2.07. The second kappa shape index (κ2) is 3.99. The summed E-state index contributed by atoms with van der Waals surface area (Å²) in [6.07, 6.45) is 0. The molecule has 0 fully saturated rings. The molecule has 0 spiro atoms. The van der Waals surface area contributed by atoms with E-state index < -0.39 is 0 Å². The maximum Gasteiger partial charge on any atom is 0.224 e. The average Bonchev–Trinajstić information content (AvgIpc) is 2.45. The van der Waals surface area contributed by atoms with Crippen molar-refractivity contribution in [1.82, 2.24) is 15.0 Å². The highest BCUT2D eigenvalue weighted by Crippen LogP contribution is 2.32. The van der Waals surface area contributed by atoms with E-state index in [4.69, 9.17) is 18.0 Å². The number of hydrogen-bond acceptors (Lipinski definition) is 5. The fraction of sp³-hybridized carbons (Fsp3) is 0.125. The first-order chi connectivity index (χ1) is 7.06. The Kier molecular flexibility index (Phi) is 2.85. The Morgan fingerprint density at radius 3 is 2.80 bits per heavy atom. The molecule has 2 rings (SSSR count). The van der Waals surface area contributed by atoms with Gasteiger partial charge in [0.05, 0.1) is 8.66 Å². The van der Waals surface area contributed by atoms with Crippen LogP contribution in [0.1, 0.15) is 5.56 Å². The van der Waals surface area contributed by atoms with E-state index in [0.29, 0.717) is 5.82 Å². The molecule has 0 aliphatic carbocycles. The first-order valence-electron chi connectivity index (χ1n) is 4.06. The third kappa shape index (κ3) is 2.24. The van der Waals surface area contributed by atoms with Gasteiger partial charge in [0.15, 0.2) is 5.82 Å². The molecule has 0 saturated heterocycles. The van der Waals surface area contributed by atoms with Crippen molar-refractivity contribution < 1.29 is 0 Å². The van der Waals surface area contributed by atoms with E-state index >= 15 is 0 Å². The Bertz CT molecular complexity index is 541. The van der Waals surface area contributed by atoms with Crippen LogP contribution in [0.3, 0.4) is 0 Å². The molecule has 2 aromatic rings. The fourth-order valence-electron chi connectivity index (χ4n) is 1.09. The number of aromatic amines is 1. The van der Waals surface area contributed by atoms with Gasteiger partial charge < -0.3 is 10.7 Å². The zero-order valence-corrected chi connectivity index (χ0v) is 11.0. The van der Waals surface area contributed by atoms with Crippen molar-refractivity contribution in [2.75, 3.05) is 5.73 Å². The lowest BCUT2D eigenvalue weighted by atomic mass is 10.3. The molecule has 2 heterocycles. The summed E-state index contributed by atoms with van der Waals surface area (Å²) in [6, 6.07) is 2.02. The van der Waals surface area contributed by atoms with Crippen molar-refractivity contribution >= 4 is 45.4 Å². The standard InChI is InChI=1S/C8H7BrN4S2/c1-3-2-4(15-5(3)9)6-11-7(10)13-8(14)12-6/h2H,1H3,(H3,10,11,12,13,14). The fourth-order valence-corrected chi connectivity index (χ4v) is 2.76. The minimum Gasteiger partial charge on any atom is -0.369 e. The summed E-state index contributed by atoms with van der Waals surface area (Å²) in [5.41, 5.74) is 6.72. The average molecular weight is 303 g/mol. The summed E-state index contributed by atoms with van der Waals surface area (Å²) in [5, 5.41) is 0. The SMILES string of the molecule is Cc1cc(-c2nc(=S)nc(N)[nH]2)sc1Br. The number of anilines is 1. The molecule has 7 heteroatoms. The molecule has 0 atom stereocenters. The number of halogens is 1. The second-order valence-electron chi connectivity index (χ2n) is 2.93. The van der Waals surface area contributed by atoms with Crippen molar-refractivity contribution in [2.24, 2.45) is 0 Å². The Morgan fingerprint density at radius 2 is 2.27 bits per heavy atom. The summed E-state index contributed by atoms with van der Waals surface area (Å²) in [7, 11) is 0. The first kappa shape index (κ1) is 10.7. The van der Waals surface area contributed by atoms with Gasteiger partial charge in [-0.05, 0) is 46.7 Å². The molecule has 2 aromatic heterocycles. The number of H-pyrrole nitrogens is 1. The Morgan fingerprint density at radius 1 is 1.53 bits per heavy atom. The highest BCUT2D eigenvalue weighted by atomic mass is 79.9. The highest BCUT2D eigenvalue weighted by molar-refractivity contribution is 9.11. The van der Waals surface area contributed by atoms with Gasteiger partial charge in [-0.3, -0.25) is 0 Å². The number of nitrogens with two attached hydrogens (primary N) is 1. The summed E-state index contributed by atoms with van der Waals surface area (Å²) in [6.45, 7) is 2.02. The molecule has 0 aliphatic heterocycles. The van der Waals surface area contributed by atoms with Crippen LogP contribution in [0.15, 0.2) is 9.85 Å². The van der Waals surface area contributed by atoms with Crippen LogP contribution in [0, 0.1) is 11.7 Å². The van der Waals surface area contributed by atoms with Gasteiger partial charge in [0, 0.05) is 0 Å². The van der Waals surface area contributed by atoms with Crippen LogP contribution in [0.5, 0.6) is 0 Å². The van der Waals surface area contributed by atoms with Crippen molar-refractivity contribution in [2.45, 2.75) is 6.92 Å². The van der Waals surface area contributed by atoms with Crippen LogP contribution in [-0.2, 0) is 0 Å². The lowest BCUT2D eigenvalue weighted by Crippen LogP contribution is -1.98. The van der Waals surface area contributed by atoms with Gasteiger partial charge in [0.25, 0.3) is 0 Å². The Balaban J connectivity index is 2.58. The van der Waals surface area contributed by atoms with Gasteiger partial charge in [-0.2, -0.15) is 9.97 Å². The van der Waals surface area contributed by atoms with Gasteiger partial charge in [-0.25, -0.2) is 0 Å². The third-order valence-corrected chi connectivity index (χ3v) is 4.09. The molecule has 0 amide bonds. The summed E-state index contributed by atoms with van der Waals surface area (Å²) < 4.78 is 1.33. The number of aromatic nitrogens is 3. The molecule has 15 heavy (non-hydrogen) atoms. The van der Waals surface area contributed by atoms with Crippen LogP contribution < -0.4 is 5.73 Å². The van der Waals surface area contributed by atoms with E-state index in [9.17, 15) is 0 Å². The van der Waals surface area contributed by atoms with Gasteiger partial charge in [0.2, 0.25) is 10.7 Å². The van der Waals surface area contributed by atoms with E-state index in [1.165, 1.54) is 0 Å². The number of aryl methyl sites for hydroxylation is 1. The topological polar surface area (TPSA) is 67.6 Å². The lowest BCUT2D eigenvalue weighted by Gasteiger charge is -1.97. The maximum absolute atomic E-state index is 5.56. The molecular weight excluding hydrogens is 296 g/mol. The number of nitrogen functional groups attached to an aromatic ring is 1. The zero-order valence-electron chi connectivity index (χ0n) is 7.74. The van der Waals surface area contributed by atoms with E-state index in [1.807, 2.05) is 13.0 Å². The minimum atomic E-state index is 0.253. The first-order valence-corrected chi connectivity index (χ1v) is 6.08. The molecule has 0 saturated carbocycles. The number of nitrogens with zero attached hydrogens (tertiary/aromatic N) is 2. The summed E-state index contributed by atoms with van der Waals surface area (Å²) >= 11 is 9.93. The monoisotopic (exact) mass is 302 g/mol. The summed E-state index contributed by atoms with van der Waals surface area (Å²) in [4.78, 5) is 11.8. The molecule has 0 aromatic carbocycles. The molecule has 78 valence electrons. The van der Waals surface area contributed by atoms with Crippen molar-refractivity contribution in [1.29, 1.82) is 0 Å². The lowest BCUT2D eigenvalue weighted by molar-refractivity contribution is 1.05. The second-order valence-corrected chi connectivity index (χ2v) is 5.67. The van der Waals surface area contributed by atoms with E-state index in [2.05, 4.69) is 30.9 Å². The number of rotatable bonds is 1. The quantitative estimate of drug-likeness (QED) is 0.795. The summed E-state index contributed by atoms with van der Waals surface area (Å²) in [5.74, 6) is 0.943. The molecule has 4 nitrogen and oxygen atoms in total. The van der Waals surface area contributed by atoms with Crippen LogP contribution in [-0.4, -0.2) is 15.0 Å². The molecule has 0 aliphatic rings. The predicted molar refractivity (Wildman–Crippen MR) is 67.4 cm³/mol. The van der Waals surface area contributed by atoms with Crippen LogP contribution in [0.4, 0.5) is 5.95 Å². The van der Waals surface area contributed by atoms with Crippen LogP contribution in [0.2, 0.25) is 0 Å². The van der Waals surface area contributed by atoms with E-state index in [0.717, 1.165) is 14.2 Å². The molecule has 3 N–H and O–H groups in total. The van der Waals surface area contributed by atoms with Gasteiger partial charge >= 0.3 is 0 Å². The van der Waals surface area contributed by atoms with Gasteiger partial charge in [-0.15, -0.1) is 11.3 Å². The molecule has 0 unspecified atom stereocenters. The van der Waals surface area contributed by atoms with Crippen molar-refractivity contribution in [3.05, 3.63) is 20.2 Å². The molecule has 0 bridgehead atoms. The third-order valence-electron chi connectivity index (χ3n) is 1.76. The number of thiophene rings is 1. The minimum absolute atomic E-state index is 0.253. The largest absolute Gasteiger partial charge is 0.369 e. The molecular formula is C8H7BrN4S2. The number of hydrogen-bond donors (Lipinski definition) is 2. The predicted octanol–water partition coefficient (Wildman–Crippen LogP) is 2.92. The Hall–Kier alpha value is -0.790. The normalized spacial score (nSPS) is 10.5. The van der Waals surface area contributed by atoms with Crippen molar-refractivity contribution in [3.8, 4) is 10.7 Å². The Labute approximate surface area is 104 Å². The van der Waals surface area contributed by atoms with Gasteiger partial charge in [-0.1, -0.05) is 0 Å².